The first-order valence-electron chi connectivity index (χ1n) is 14.8. The zero-order valence-electron chi connectivity index (χ0n) is 22.9. The van der Waals surface area contributed by atoms with E-state index in [4.69, 9.17) is 14.6 Å². The minimum Gasteiger partial charge on any atom is -0.396 e. The quantitative estimate of drug-likeness (QED) is 0.120. The van der Waals surface area contributed by atoms with Crippen LogP contribution < -0.4 is 0 Å². The number of hydrogen-bond donors (Lipinski definition) is 1. The van der Waals surface area contributed by atoms with Crippen molar-refractivity contribution < 1.29 is 14.6 Å². The van der Waals surface area contributed by atoms with Crippen molar-refractivity contribution in [3.63, 3.8) is 0 Å². The smallest absolute Gasteiger partial charge is 0.0903 e. The molecule has 0 aromatic heterocycles. The number of benzene rings is 1. The Bertz CT molecular complexity index is 525. The minimum absolute atomic E-state index is 0.111. The van der Waals surface area contributed by atoms with Gasteiger partial charge in [0.1, 0.15) is 0 Å². The number of aliphatic hydroxyl groups excluding tert-OH is 1. The van der Waals surface area contributed by atoms with Crippen LogP contribution in [0.2, 0.25) is 0 Å². The van der Waals surface area contributed by atoms with Gasteiger partial charge in [-0.1, -0.05) is 134 Å². The molecule has 0 fully saturated rings. The fraction of sp³-hybridized carbons (Fsp3) is 0.806. The van der Waals surface area contributed by atoms with Gasteiger partial charge in [0.15, 0.2) is 0 Å². The van der Waals surface area contributed by atoms with E-state index in [2.05, 4.69) is 31.2 Å². The van der Waals surface area contributed by atoms with Gasteiger partial charge in [-0.2, -0.15) is 11.8 Å². The van der Waals surface area contributed by atoms with Gasteiger partial charge < -0.3 is 14.6 Å². The molecule has 1 rings (SSSR count). The van der Waals surface area contributed by atoms with E-state index in [0.29, 0.717) is 13.2 Å². The maximum atomic E-state index is 8.99. The molecule has 204 valence electrons. The summed E-state index contributed by atoms with van der Waals surface area (Å²) in [6.07, 6.45) is 23.3. The normalized spacial score (nSPS) is 12.3. The van der Waals surface area contributed by atoms with Gasteiger partial charge in [0.25, 0.3) is 0 Å². The Balaban J connectivity index is 1.92. The molecule has 0 aliphatic heterocycles. The largest absolute Gasteiger partial charge is 0.396 e. The fourth-order valence-electron chi connectivity index (χ4n) is 4.28. The summed E-state index contributed by atoms with van der Waals surface area (Å²) in [5.41, 5.74) is 1.20. The highest BCUT2D eigenvalue weighted by Gasteiger charge is 2.10. The Morgan fingerprint density at radius 1 is 0.714 bits per heavy atom. The Morgan fingerprint density at radius 3 is 1.80 bits per heavy atom. The zero-order chi connectivity index (χ0) is 25.1. The Kier molecular flexibility index (Phi) is 24.6. The molecule has 35 heavy (non-hydrogen) atoms. The molecule has 0 aliphatic rings. The number of unbranched alkanes of at least 4 members (excludes halogenated alkanes) is 15. The number of aliphatic hydroxyl groups is 1. The van der Waals surface area contributed by atoms with Crippen LogP contribution in [0.1, 0.15) is 122 Å². The summed E-state index contributed by atoms with van der Waals surface area (Å²) in [5.74, 6) is 1.90. The molecule has 0 amide bonds. The van der Waals surface area contributed by atoms with Crippen LogP contribution in [-0.2, 0) is 16.1 Å². The van der Waals surface area contributed by atoms with Crippen molar-refractivity contribution in [1.29, 1.82) is 0 Å². The van der Waals surface area contributed by atoms with Gasteiger partial charge in [-0.25, -0.2) is 0 Å². The average Bonchev–Trinajstić information content (AvgIpc) is 2.89. The monoisotopic (exact) mass is 508 g/mol. The lowest BCUT2D eigenvalue weighted by Gasteiger charge is -2.18. The summed E-state index contributed by atoms with van der Waals surface area (Å²) in [7, 11) is 0. The molecule has 0 aliphatic carbocycles. The average molecular weight is 509 g/mol. The molecule has 1 aromatic carbocycles. The molecule has 0 radical (unpaired) electrons. The van der Waals surface area contributed by atoms with Crippen LogP contribution in [0.5, 0.6) is 0 Å². The van der Waals surface area contributed by atoms with Gasteiger partial charge in [0.2, 0.25) is 0 Å². The van der Waals surface area contributed by atoms with Gasteiger partial charge in [-0.15, -0.1) is 0 Å². The van der Waals surface area contributed by atoms with E-state index < -0.39 is 0 Å². The second kappa shape index (κ2) is 26.5. The second-order valence-electron chi connectivity index (χ2n) is 9.95. The molecule has 1 N–H and O–H groups in total. The molecule has 0 spiro atoms. The van der Waals surface area contributed by atoms with Crippen molar-refractivity contribution >= 4 is 11.8 Å². The topological polar surface area (TPSA) is 38.7 Å². The maximum Gasteiger partial charge on any atom is 0.0903 e. The summed E-state index contributed by atoms with van der Waals surface area (Å²) >= 11 is 1.85. The number of thioether (sulfide) groups is 1. The van der Waals surface area contributed by atoms with Crippen molar-refractivity contribution in [3.05, 3.63) is 35.9 Å². The Hall–Kier alpha value is -0.550. The highest BCUT2D eigenvalue weighted by Crippen LogP contribution is 2.14. The van der Waals surface area contributed by atoms with Crippen LogP contribution in [0.15, 0.2) is 30.3 Å². The van der Waals surface area contributed by atoms with Crippen molar-refractivity contribution in [3.8, 4) is 0 Å². The first kappa shape index (κ1) is 32.5. The number of rotatable bonds is 27. The third-order valence-corrected chi connectivity index (χ3v) is 7.71. The van der Waals surface area contributed by atoms with Gasteiger partial charge >= 0.3 is 0 Å². The molecule has 0 saturated carbocycles. The highest BCUT2D eigenvalue weighted by molar-refractivity contribution is 7.99. The molecule has 4 heteroatoms. The van der Waals surface area contributed by atoms with Crippen LogP contribution in [-0.4, -0.2) is 42.5 Å². The summed E-state index contributed by atoms with van der Waals surface area (Å²) in [6.45, 7) is 4.69. The standard InChI is InChI=1S/C31H56O3S/c1-2-3-4-5-6-7-8-9-10-11-12-13-14-15-16-20-25-33-28-31(29-35-26-21-24-32)34-27-30-22-18-17-19-23-30/h17-19,22-23,31-32H,2-16,20-21,24-29H2,1H3. The van der Waals surface area contributed by atoms with Crippen LogP contribution in [0.4, 0.5) is 0 Å². The lowest BCUT2D eigenvalue weighted by Crippen LogP contribution is -2.23. The second-order valence-corrected chi connectivity index (χ2v) is 11.1. The third-order valence-electron chi connectivity index (χ3n) is 6.53. The molecular formula is C31H56O3S. The zero-order valence-corrected chi connectivity index (χ0v) is 23.7. The van der Waals surface area contributed by atoms with Gasteiger partial charge in [0, 0.05) is 19.0 Å². The summed E-state index contributed by atoms with van der Waals surface area (Å²) in [5, 5.41) is 8.99. The van der Waals surface area contributed by atoms with E-state index in [1.165, 1.54) is 102 Å². The van der Waals surface area contributed by atoms with Gasteiger partial charge in [0.05, 0.1) is 19.3 Å². The molecule has 1 aromatic rings. The Morgan fingerprint density at radius 2 is 1.26 bits per heavy atom. The highest BCUT2D eigenvalue weighted by atomic mass is 32.2. The van der Waals surface area contributed by atoms with Crippen molar-refractivity contribution in [2.45, 2.75) is 129 Å². The minimum atomic E-state index is 0.111. The third kappa shape index (κ3) is 22.4. The first-order valence-corrected chi connectivity index (χ1v) is 15.9. The maximum absolute atomic E-state index is 8.99. The molecule has 0 bridgehead atoms. The van der Waals surface area contributed by atoms with Crippen LogP contribution in [0, 0.1) is 0 Å². The molecule has 0 saturated heterocycles. The van der Waals surface area contributed by atoms with Crippen molar-refractivity contribution in [1.82, 2.24) is 0 Å². The predicted molar refractivity (Wildman–Crippen MR) is 154 cm³/mol. The molecule has 1 atom stereocenters. The molecule has 1 unspecified atom stereocenters. The molecular weight excluding hydrogens is 452 g/mol. The van der Waals surface area contributed by atoms with E-state index in [1.807, 2.05) is 17.8 Å². The van der Waals surface area contributed by atoms with E-state index in [0.717, 1.165) is 31.0 Å². The molecule has 3 nitrogen and oxygen atoms in total. The summed E-state index contributed by atoms with van der Waals surface area (Å²) in [4.78, 5) is 0. The lowest BCUT2D eigenvalue weighted by atomic mass is 10.0. The van der Waals surface area contributed by atoms with E-state index in [1.54, 1.807) is 0 Å². The van der Waals surface area contributed by atoms with E-state index in [9.17, 15) is 0 Å². The summed E-state index contributed by atoms with van der Waals surface area (Å²) < 4.78 is 12.1. The van der Waals surface area contributed by atoms with Crippen LogP contribution >= 0.6 is 11.8 Å². The SMILES string of the molecule is CCCCCCCCCCCCCCCCCCOCC(CSCCCO)OCc1ccccc1. The first-order chi connectivity index (χ1) is 17.4. The number of ether oxygens (including phenoxy) is 2. The lowest BCUT2D eigenvalue weighted by molar-refractivity contribution is -0.0129. The van der Waals surface area contributed by atoms with E-state index >= 15 is 0 Å². The van der Waals surface area contributed by atoms with Gasteiger partial charge in [-0.3, -0.25) is 0 Å². The summed E-state index contributed by atoms with van der Waals surface area (Å²) in [6, 6.07) is 10.3. The van der Waals surface area contributed by atoms with Crippen LogP contribution in [0.3, 0.4) is 0 Å². The van der Waals surface area contributed by atoms with Crippen molar-refractivity contribution in [2.24, 2.45) is 0 Å². The van der Waals surface area contributed by atoms with E-state index in [-0.39, 0.29) is 12.7 Å². The van der Waals surface area contributed by atoms with Crippen molar-refractivity contribution in [2.75, 3.05) is 31.3 Å². The fourth-order valence-corrected chi connectivity index (χ4v) is 5.24. The van der Waals surface area contributed by atoms with Crippen LogP contribution in [0.25, 0.3) is 0 Å². The Labute approximate surface area is 222 Å². The number of hydrogen-bond acceptors (Lipinski definition) is 4. The van der Waals surface area contributed by atoms with Gasteiger partial charge in [-0.05, 0) is 24.2 Å². The molecule has 0 heterocycles. The predicted octanol–water partition coefficient (Wildman–Crippen LogP) is 8.97.